The zero-order valence-electron chi connectivity index (χ0n) is 16.5. The molecule has 0 spiro atoms. The van der Waals surface area contributed by atoms with E-state index in [0.29, 0.717) is 19.4 Å². The molecule has 0 radical (unpaired) electrons. The van der Waals surface area contributed by atoms with E-state index in [1.54, 1.807) is 13.0 Å². The van der Waals surface area contributed by atoms with Gasteiger partial charge in [-0.25, -0.2) is 21.9 Å². The molecule has 0 bridgehead atoms. The normalized spacial score (nSPS) is 17.5. The van der Waals surface area contributed by atoms with Gasteiger partial charge in [-0.15, -0.1) is 0 Å². The SMILES string of the molecule is CC1(NS(=O)(=O)c2c(Cl)c(C(=O)Nc3ccc(F)c(F)c3)n3c2C=CCCC3)COC1. The van der Waals surface area contributed by atoms with Gasteiger partial charge in [0.15, 0.2) is 11.6 Å². The minimum Gasteiger partial charge on any atom is -0.377 e. The maximum atomic E-state index is 13.5. The van der Waals surface area contributed by atoms with Gasteiger partial charge in [0.1, 0.15) is 10.6 Å². The average molecular weight is 472 g/mol. The third-order valence-electron chi connectivity index (χ3n) is 5.11. The highest BCUT2D eigenvalue weighted by molar-refractivity contribution is 7.89. The summed E-state index contributed by atoms with van der Waals surface area (Å²) in [5.41, 5.74) is -0.529. The third kappa shape index (κ3) is 4.12. The van der Waals surface area contributed by atoms with Crippen molar-refractivity contribution in [2.75, 3.05) is 18.5 Å². The highest BCUT2D eigenvalue weighted by Crippen LogP contribution is 2.36. The molecule has 1 amide bonds. The molecule has 1 aromatic heterocycles. The fraction of sp³-hybridized carbons (Fsp3) is 0.350. The Morgan fingerprint density at radius 1 is 1.26 bits per heavy atom. The van der Waals surface area contributed by atoms with Crippen LogP contribution < -0.4 is 10.0 Å². The van der Waals surface area contributed by atoms with Crippen molar-refractivity contribution in [1.29, 1.82) is 0 Å². The molecule has 1 saturated heterocycles. The van der Waals surface area contributed by atoms with Crippen molar-refractivity contribution in [3.63, 3.8) is 0 Å². The van der Waals surface area contributed by atoms with Crippen LogP contribution in [0.4, 0.5) is 14.5 Å². The van der Waals surface area contributed by atoms with Crippen LogP contribution in [-0.4, -0.2) is 37.6 Å². The number of hydrogen-bond acceptors (Lipinski definition) is 4. The lowest BCUT2D eigenvalue weighted by molar-refractivity contribution is -0.0523. The Hall–Kier alpha value is -2.27. The van der Waals surface area contributed by atoms with Gasteiger partial charge in [0.2, 0.25) is 10.0 Å². The summed E-state index contributed by atoms with van der Waals surface area (Å²) in [6.07, 6.45) is 4.81. The molecule has 4 rings (SSSR count). The monoisotopic (exact) mass is 471 g/mol. The van der Waals surface area contributed by atoms with Crippen LogP contribution in [0.3, 0.4) is 0 Å². The fourth-order valence-electron chi connectivity index (χ4n) is 3.63. The number of sulfonamides is 1. The Labute approximate surface area is 183 Å². The quantitative estimate of drug-likeness (QED) is 0.698. The molecule has 0 aliphatic carbocycles. The molecule has 166 valence electrons. The first-order valence-corrected chi connectivity index (χ1v) is 11.4. The van der Waals surface area contributed by atoms with Gasteiger partial charge in [0.05, 0.1) is 29.5 Å². The lowest BCUT2D eigenvalue weighted by atomic mass is 10.0. The van der Waals surface area contributed by atoms with Crippen LogP contribution in [0, 0.1) is 11.6 Å². The van der Waals surface area contributed by atoms with Crippen LogP contribution in [0.25, 0.3) is 6.08 Å². The first-order chi connectivity index (χ1) is 14.6. The lowest BCUT2D eigenvalue weighted by Crippen LogP contribution is -2.59. The van der Waals surface area contributed by atoms with Gasteiger partial charge in [0.25, 0.3) is 5.91 Å². The Balaban J connectivity index is 1.77. The number of benzene rings is 1. The second-order valence-corrected chi connectivity index (χ2v) is 9.81. The summed E-state index contributed by atoms with van der Waals surface area (Å²) in [5.74, 6) is -2.90. The summed E-state index contributed by atoms with van der Waals surface area (Å²) in [5, 5.41) is 2.22. The first kappa shape index (κ1) is 21.9. The molecule has 0 unspecified atom stereocenters. The number of carbonyl (C=O) groups excluding carboxylic acids is 1. The molecular weight excluding hydrogens is 452 g/mol. The standard InChI is InChI=1S/C20H20ClF2N3O4S/c1-20(10-30-11-20)25-31(28,29)18-15-5-3-2-4-8-26(15)17(16(18)21)19(27)24-12-6-7-13(22)14(23)9-12/h3,5-7,9,25H,2,4,8,10-11H2,1H3,(H,24,27). The van der Waals surface area contributed by atoms with E-state index in [9.17, 15) is 22.0 Å². The highest BCUT2D eigenvalue weighted by Gasteiger charge is 2.41. The van der Waals surface area contributed by atoms with Crippen molar-refractivity contribution in [3.8, 4) is 0 Å². The number of amides is 1. The van der Waals surface area contributed by atoms with Gasteiger partial charge in [-0.1, -0.05) is 17.7 Å². The van der Waals surface area contributed by atoms with Crippen LogP contribution in [0.5, 0.6) is 0 Å². The van der Waals surface area contributed by atoms with Crippen LogP contribution in [0.1, 0.15) is 35.9 Å². The maximum Gasteiger partial charge on any atom is 0.273 e. The minimum atomic E-state index is -4.09. The van der Waals surface area contributed by atoms with E-state index in [1.165, 1.54) is 10.6 Å². The van der Waals surface area contributed by atoms with Crippen molar-refractivity contribution >= 4 is 39.3 Å². The number of allylic oxidation sites excluding steroid dienone is 1. The number of nitrogens with zero attached hydrogens (tertiary/aromatic N) is 1. The summed E-state index contributed by atoms with van der Waals surface area (Å²) in [7, 11) is -4.09. The van der Waals surface area contributed by atoms with Crippen LogP contribution in [-0.2, 0) is 21.3 Å². The van der Waals surface area contributed by atoms with E-state index < -0.39 is 33.1 Å². The second-order valence-electron chi connectivity index (χ2n) is 7.82. The van der Waals surface area contributed by atoms with Crippen molar-refractivity contribution < 1.29 is 26.7 Å². The third-order valence-corrected chi connectivity index (χ3v) is 7.30. The van der Waals surface area contributed by atoms with Crippen molar-refractivity contribution in [2.24, 2.45) is 0 Å². The molecule has 2 aliphatic heterocycles. The second kappa shape index (κ2) is 8.01. The number of ether oxygens (including phenoxy) is 1. The van der Waals surface area contributed by atoms with Gasteiger partial charge < -0.3 is 14.6 Å². The van der Waals surface area contributed by atoms with Crippen molar-refractivity contribution in [3.05, 3.63) is 52.3 Å². The zero-order chi connectivity index (χ0) is 22.4. The van der Waals surface area contributed by atoms with Gasteiger partial charge in [-0.3, -0.25) is 4.79 Å². The van der Waals surface area contributed by atoms with E-state index in [1.807, 2.05) is 6.08 Å². The molecule has 11 heteroatoms. The summed E-state index contributed by atoms with van der Waals surface area (Å²) >= 11 is 6.47. The maximum absolute atomic E-state index is 13.5. The average Bonchev–Trinajstić information content (AvgIpc) is 2.79. The Morgan fingerprint density at radius 2 is 2.00 bits per heavy atom. The van der Waals surface area contributed by atoms with E-state index in [0.717, 1.165) is 12.1 Å². The number of rotatable bonds is 5. The molecule has 31 heavy (non-hydrogen) atoms. The number of halogens is 3. The van der Waals surface area contributed by atoms with Gasteiger partial charge >= 0.3 is 0 Å². The van der Waals surface area contributed by atoms with Gasteiger partial charge in [-0.05, 0) is 38.0 Å². The smallest absolute Gasteiger partial charge is 0.273 e. The lowest BCUT2D eigenvalue weighted by Gasteiger charge is -2.38. The number of fused-ring (bicyclic) bond motifs is 1. The van der Waals surface area contributed by atoms with E-state index in [-0.39, 0.29) is 40.2 Å². The van der Waals surface area contributed by atoms with Crippen molar-refractivity contribution in [1.82, 2.24) is 9.29 Å². The van der Waals surface area contributed by atoms with Crippen LogP contribution in [0.15, 0.2) is 29.2 Å². The number of anilines is 1. The molecule has 0 atom stereocenters. The first-order valence-electron chi connectivity index (χ1n) is 9.58. The van der Waals surface area contributed by atoms with Crippen LogP contribution in [0.2, 0.25) is 5.02 Å². The van der Waals surface area contributed by atoms with Gasteiger partial charge in [0, 0.05) is 18.3 Å². The molecule has 3 heterocycles. The minimum absolute atomic E-state index is 0.0151. The Kier molecular flexibility index (Phi) is 5.67. The molecule has 2 aromatic rings. The topological polar surface area (TPSA) is 89.4 Å². The van der Waals surface area contributed by atoms with E-state index >= 15 is 0 Å². The molecular formula is C20H20ClF2N3O4S. The van der Waals surface area contributed by atoms with E-state index in [2.05, 4.69) is 10.0 Å². The fourth-order valence-corrected chi connectivity index (χ4v) is 5.87. The predicted octanol–water partition coefficient (Wildman–Crippen LogP) is 3.55. The van der Waals surface area contributed by atoms with E-state index in [4.69, 9.17) is 16.3 Å². The predicted molar refractivity (Wildman–Crippen MR) is 112 cm³/mol. The van der Waals surface area contributed by atoms with Crippen LogP contribution >= 0.6 is 11.6 Å². The molecule has 1 fully saturated rings. The summed E-state index contributed by atoms with van der Waals surface area (Å²) in [6, 6.07) is 2.92. The molecule has 2 aliphatic rings. The molecule has 1 aromatic carbocycles. The van der Waals surface area contributed by atoms with Gasteiger partial charge in [-0.2, -0.15) is 0 Å². The number of nitrogens with one attached hydrogen (secondary N) is 2. The largest absolute Gasteiger partial charge is 0.377 e. The Bertz CT molecular complexity index is 1190. The number of aromatic nitrogens is 1. The summed E-state index contributed by atoms with van der Waals surface area (Å²) < 4.78 is 62.4. The molecule has 2 N–H and O–H groups in total. The Morgan fingerprint density at radius 3 is 2.65 bits per heavy atom. The molecule has 7 nitrogen and oxygen atoms in total. The van der Waals surface area contributed by atoms with Crippen molar-refractivity contribution in [2.45, 2.75) is 36.7 Å². The summed E-state index contributed by atoms with van der Waals surface area (Å²) in [6.45, 7) is 2.51. The molecule has 0 saturated carbocycles. The zero-order valence-corrected chi connectivity index (χ0v) is 18.1. The number of hydrogen-bond donors (Lipinski definition) is 2. The summed E-state index contributed by atoms with van der Waals surface area (Å²) in [4.78, 5) is 12.8. The highest BCUT2D eigenvalue weighted by atomic mass is 35.5. The number of carbonyl (C=O) groups is 1.